The summed E-state index contributed by atoms with van der Waals surface area (Å²) in [5.74, 6) is 0. The van der Waals surface area contributed by atoms with Gasteiger partial charge in [-0.1, -0.05) is 0 Å². The van der Waals surface area contributed by atoms with Crippen LogP contribution in [-0.4, -0.2) is 36.5 Å². The van der Waals surface area contributed by atoms with Crippen LogP contribution in [-0.2, 0) is 4.74 Å². The van der Waals surface area contributed by atoms with Crippen molar-refractivity contribution in [3.8, 4) is 0 Å². The molecular formula is C9H19NO2. The van der Waals surface area contributed by atoms with Crippen molar-refractivity contribution in [1.29, 1.82) is 0 Å². The summed E-state index contributed by atoms with van der Waals surface area (Å²) < 4.78 is 5.40. The van der Waals surface area contributed by atoms with E-state index >= 15 is 0 Å². The minimum absolute atomic E-state index is 0.199. The van der Waals surface area contributed by atoms with Crippen molar-refractivity contribution in [2.75, 3.05) is 13.2 Å². The molecular weight excluding hydrogens is 154 g/mol. The van der Waals surface area contributed by atoms with Crippen LogP contribution >= 0.6 is 0 Å². The molecule has 0 bridgehead atoms. The van der Waals surface area contributed by atoms with Crippen LogP contribution in [0.15, 0.2) is 0 Å². The zero-order valence-corrected chi connectivity index (χ0v) is 7.92. The Labute approximate surface area is 74.1 Å². The van der Waals surface area contributed by atoms with Crippen LogP contribution in [0.25, 0.3) is 0 Å². The van der Waals surface area contributed by atoms with E-state index in [1.165, 1.54) is 0 Å². The van der Waals surface area contributed by atoms with Gasteiger partial charge in [-0.05, 0) is 33.2 Å². The zero-order chi connectivity index (χ0) is 8.97. The molecule has 3 heteroatoms. The molecule has 1 aliphatic heterocycles. The highest BCUT2D eigenvalue weighted by molar-refractivity contribution is 4.78. The monoisotopic (exact) mass is 173 g/mol. The molecule has 3 atom stereocenters. The topological polar surface area (TPSA) is 41.5 Å². The van der Waals surface area contributed by atoms with Crippen molar-refractivity contribution in [2.24, 2.45) is 0 Å². The Kier molecular flexibility index (Phi) is 3.98. The lowest BCUT2D eigenvalue weighted by Gasteiger charge is -2.16. The summed E-state index contributed by atoms with van der Waals surface area (Å²) in [6, 6.07) is 0.490. The van der Waals surface area contributed by atoms with Crippen LogP contribution in [0, 0.1) is 0 Å². The van der Waals surface area contributed by atoms with Crippen molar-refractivity contribution >= 4 is 0 Å². The average Bonchev–Trinajstić information content (AvgIpc) is 2.36. The summed E-state index contributed by atoms with van der Waals surface area (Å²) in [4.78, 5) is 0. The van der Waals surface area contributed by atoms with E-state index in [9.17, 15) is 0 Å². The largest absolute Gasteiger partial charge is 0.393 e. The normalized spacial score (nSPS) is 32.2. The number of aliphatic hydroxyl groups is 1. The van der Waals surface area contributed by atoms with Gasteiger partial charge in [-0.15, -0.1) is 0 Å². The molecule has 0 amide bonds. The second-order valence-electron chi connectivity index (χ2n) is 3.56. The second-order valence-corrected chi connectivity index (χ2v) is 3.56. The molecule has 0 aromatic heterocycles. The summed E-state index contributed by atoms with van der Waals surface area (Å²) in [5, 5.41) is 12.4. The summed E-state index contributed by atoms with van der Waals surface area (Å²) >= 11 is 0. The molecule has 0 saturated carbocycles. The van der Waals surface area contributed by atoms with Crippen LogP contribution in [0.4, 0.5) is 0 Å². The first-order chi connectivity index (χ1) is 5.70. The van der Waals surface area contributed by atoms with E-state index in [0.29, 0.717) is 12.1 Å². The molecule has 0 aliphatic carbocycles. The first-order valence-corrected chi connectivity index (χ1v) is 4.73. The maximum absolute atomic E-state index is 9.02. The maximum atomic E-state index is 9.02. The lowest BCUT2D eigenvalue weighted by atomic mass is 10.1. The van der Waals surface area contributed by atoms with Gasteiger partial charge < -0.3 is 15.2 Å². The second kappa shape index (κ2) is 4.80. The highest BCUT2D eigenvalue weighted by atomic mass is 16.5. The fraction of sp³-hybridized carbons (Fsp3) is 1.00. The van der Waals surface area contributed by atoms with Crippen molar-refractivity contribution < 1.29 is 9.84 Å². The number of nitrogens with one attached hydrogen (secondary N) is 1. The highest BCUT2D eigenvalue weighted by Gasteiger charge is 2.22. The van der Waals surface area contributed by atoms with Gasteiger partial charge in [0.2, 0.25) is 0 Å². The van der Waals surface area contributed by atoms with Crippen molar-refractivity contribution in [3.63, 3.8) is 0 Å². The predicted octanol–water partition coefficient (Wildman–Crippen LogP) is 0.524. The minimum atomic E-state index is -0.199. The molecule has 1 heterocycles. The standard InChI is InChI=1S/C9H19NO2/c1-7(11)3-5-10-9-4-6-12-8(9)2/h7-11H,3-6H2,1-2H3/t7-,8+,9-/m1/s1. The number of aliphatic hydroxyl groups excluding tert-OH is 1. The Morgan fingerprint density at radius 2 is 2.42 bits per heavy atom. The molecule has 1 rings (SSSR count). The smallest absolute Gasteiger partial charge is 0.0700 e. The number of rotatable bonds is 4. The third kappa shape index (κ3) is 3.09. The lowest BCUT2D eigenvalue weighted by Crippen LogP contribution is -2.36. The summed E-state index contributed by atoms with van der Waals surface area (Å²) in [5.41, 5.74) is 0. The van der Waals surface area contributed by atoms with Crippen LogP contribution in [0.5, 0.6) is 0 Å². The zero-order valence-electron chi connectivity index (χ0n) is 7.92. The first-order valence-electron chi connectivity index (χ1n) is 4.73. The molecule has 12 heavy (non-hydrogen) atoms. The van der Waals surface area contributed by atoms with Gasteiger partial charge in [0.25, 0.3) is 0 Å². The third-order valence-corrected chi connectivity index (χ3v) is 2.34. The number of ether oxygens (including phenoxy) is 1. The van der Waals surface area contributed by atoms with Crippen LogP contribution in [0.1, 0.15) is 26.7 Å². The van der Waals surface area contributed by atoms with Gasteiger partial charge in [-0.3, -0.25) is 0 Å². The van der Waals surface area contributed by atoms with Gasteiger partial charge in [0.05, 0.1) is 12.2 Å². The quantitative estimate of drug-likeness (QED) is 0.651. The fourth-order valence-electron chi connectivity index (χ4n) is 1.48. The molecule has 1 saturated heterocycles. The molecule has 1 aliphatic rings. The third-order valence-electron chi connectivity index (χ3n) is 2.34. The molecule has 2 N–H and O–H groups in total. The number of hydrogen-bond acceptors (Lipinski definition) is 3. The van der Waals surface area contributed by atoms with Crippen molar-refractivity contribution in [2.45, 2.75) is 44.9 Å². The van der Waals surface area contributed by atoms with Gasteiger partial charge in [-0.2, -0.15) is 0 Å². The molecule has 0 aromatic rings. The highest BCUT2D eigenvalue weighted by Crippen LogP contribution is 2.12. The van der Waals surface area contributed by atoms with E-state index < -0.39 is 0 Å². The number of hydrogen-bond donors (Lipinski definition) is 2. The Balaban J connectivity index is 2.06. The van der Waals surface area contributed by atoms with E-state index in [1.807, 2.05) is 6.92 Å². The molecule has 72 valence electrons. The van der Waals surface area contributed by atoms with Gasteiger partial charge in [0.15, 0.2) is 0 Å². The van der Waals surface area contributed by atoms with Crippen LogP contribution in [0.2, 0.25) is 0 Å². The molecule has 3 nitrogen and oxygen atoms in total. The average molecular weight is 173 g/mol. The van der Waals surface area contributed by atoms with E-state index in [0.717, 1.165) is 26.0 Å². The Morgan fingerprint density at radius 1 is 1.67 bits per heavy atom. The van der Waals surface area contributed by atoms with Crippen molar-refractivity contribution in [3.05, 3.63) is 0 Å². The lowest BCUT2D eigenvalue weighted by molar-refractivity contribution is 0.111. The van der Waals surface area contributed by atoms with Gasteiger partial charge in [0.1, 0.15) is 0 Å². The van der Waals surface area contributed by atoms with Gasteiger partial charge in [0, 0.05) is 12.6 Å². The SMILES string of the molecule is C[C@@H]1OCC[C@H]1NCC[C@@H](C)O. The molecule has 1 fully saturated rings. The first kappa shape index (κ1) is 9.96. The minimum Gasteiger partial charge on any atom is -0.393 e. The van der Waals surface area contributed by atoms with Gasteiger partial charge in [-0.25, -0.2) is 0 Å². The van der Waals surface area contributed by atoms with Crippen molar-refractivity contribution in [1.82, 2.24) is 5.32 Å². The summed E-state index contributed by atoms with van der Waals surface area (Å²) in [7, 11) is 0. The summed E-state index contributed by atoms with van der Waals surface area (Å²) in [6.07, 6.45) is 2.05. The molecule has 0 aromatic carbocycles. The van der Waals surface area contributed by atoms with Crippen LogP contribution in [0.3, 0.4) is 0 Å². The predicted molar refractivity (Wildman–Crippen MR) is 48.1 cm³/mol. The molecule has 0 spiro atoms. The van der Waals surface area contributed by atoms with E-state index in [-0.39, 0.29) is 6.10 Å². The van der Waals surface area contributed by atoms with Gasteiger partial charge >= 0.3 is 0 Å². The summed E-state index contributed by atoms with van der Waals surface area (Å²) in [6.45, 7) is 5.66. The fourth-order valence-corrected chi connectivity index (χ4v) is 1.48. The van der Waals surface area contributed by atoms with E-state index in [1.54, 1.807) is 0 Å². The maximum Gasteiger partial charge on any atom is 0.0700 e. The molecule has 0 unspecified atom stereocenters. The Bertz CT molecular complexity index is 128. The van der Waals surface area contributed by atoms with Crippen LogP contribution < -0.4 is 5.32 Å². The Hall–Kier alpha value is -0.120. The molecule has 0 radical (unpaired) electrons. The van der Waals surface area contributed by atoms with E-state index in [4.69, 9.17) is 9.84 Å². The Morgan fingerprint density at radius 3 is 2.92 bits per heavy atom. The van der Waals surface area contributed by atoms with E-state index in [2.05, 4.69) is 12.2 Å².